The van der Waals surface area contributed by atoms with Gasteiger partial charge < -0.3 is 16.3 Å². The van der Waals surface area contributed by atoms with Gasteiger partial charge in [0, 0.05) is 12.5 Å². The van der Waals surface area contributed by atoms with E-state index in [0.717, 1.165) is 6.42 Å². The van der Waals surface area contributed by atoms with E-state index in [1.54, 1.807) is 0 Å². The maximum absolute atomic E-state index is 8.30. The van der Waals surface area contributed by atoms with E-state index in [0.29, 0.717) is 13.0 Å². The molecule has 1 atom stereocenters. The molecule has 4 nitrogen and oxygen atoms in total. The van der Waals surface area contributed by atoms with Crippen LogP contribution >= 0.6 is 0 Å². The first-order chi connectivity index (χ1) is 5.74. The first-order valence-electron chi connectivity index (χ1n) is 3.87. The van der Waals surface area contributed by atoms with Crippen LogP contribution in [0, 0.1) is 12.3 Å². The molecule has 0 aromatic heterocycles. The van der Waals surface area contributed by atoms with Crippen molar-refractivity contribution in [3.05, 3.63) is 0 Å². The Balaban J connectivity index is 3.76. The lowest BCUT2D eigenvalue weighted by atomic mass is 10.1. The maximum Gasteiger partial charge on any atom is 0.140 e. The summed E-state index contributed by atoms with van der Waals surface area (Å²) in [4.78, 5) is 0. The van der Waals surface area contributed by atoms with E-state index in [4.69, 9.17) is 17.4 Å². The van der Waals surface area contributed by atoms with Gasteiger partial charge in [-0.25, -0.2) is 0 Å². The van der Waals surface area contributed by atoms with E-state index in [1.807, 2.05) is 6.92 Å². The molecule has 0 bridgehead atoms. The predicted octanol–water partition coefficient (Wildman–Crippen LogP) is 0.124. The maximum atomic E-state index is 8.30. The van der Waals surface area contributed by atoms with E-state index in [-0.39, 0.29) is 11.9 Å². The fourth-order valence-electron chi connectivity index (χ4n) is 0.857. The lowest BCUT2D eigenvalue weighted by Crippen LogP contribution is -2.33. The van der Waals surface area contributed by atoms with E-state index in [9.17, 15) is 0 Å². The van der Waals surface area contributed by atoms with Gasteiger partial charge in [-0.1, -0.05) is 18.0 Å². The standard InChI is InChI=1S/C8H15N3O/c1-3-5-10-7(4-2)6-8(9)11-12/h1,7,10,12H,4-6H2,2H3,(H2,9,11). The van der Waals surface area contributed by atoms with Crippen LogP contribution in [0.15, 0.2) is 5.16 Å². The van der Waals surface area contributed by atoms with Crippen LogP contribution in [0.25, 0.3) is 0 Å². The molecule has 1 unspecified atom stereocenters. The molecule has 12 heavy (non-hydrogen) atoms. The Kier molecular flexibility index (Phi) is 5.84. The van der Waals surface area contributed by atoms with Crippen molar-refractivity contribution >= 4 is 5.84 Å². The largest absolute Gasteiger partial charge is 0.409 e. The number of nitrogens with one attached hydrogen (secondary N) is 1. The molecule has 4 N–H and O–H groups in total. The molecule has 0 rings (SSSR count). The SMILES string of the molecule is C#CCNC(CC)CC(N)=NO. The number of hydrogen-bond acceptors (Lipinski definition) is 3. The zero-order valence-electron chi connectivity index (χ0n) is 7.25. The molecule has 0 aromatic rings. The van der Waals surface area contributed by atoms with Gasteiger partial charge in [0.05, 0.1) is 6.54 Å². The topological polar surface area (TPSA) is 70.6 Å². The second-order valence-electron chi connectivity index (χ2n) is 2.49. The molecule has 0 saturated heterocycles. The zero-order chi connectivity index (χ0) is 9.40. The minimum atomic E-state index is 0.192. The first kappa shape index (κ1) is 10.8. The number of nitrogens with two attached hydrogens (primary N) is 1. The first-order valence-corrected chi connectivity index (χ1v) is 3.87. The Morgan fingerprint density at radius 2 is 2.50 bits per heavy atom. The molecular formula is C8H15N3O. The molecule has 0 aliphatic carbocycles. The summed E-state index contributed by atoms with van der Waals surface area (Å²) in [7, 11) is 0. The molecule has 0 amide bonds. The number of rotatable bonds is 5. The van der Waals surface area contributed by atoms with E-state index in [2.05, 4.69) is 16.4 Å². The number of hydrogen-bond donors (Lipinski definition) is 3. The molecule has 0 radical (unpaired) electrons. The summed E-state index contributed by atoms with van der Waals surface area (Å²) in [5.41, 5.74) is 5.33. The van der Waals surface area contributed by atoms with E-state index >= 15 is 0 Å². The molecule has 0 spiro atoms. The molecule has 0 heterocycles. The Morgan fingerprint density at radius 3 is 2.92 bits per heavy atom. The van der Waals surface area contributed by atoms with Crippen molar-refractivity contribution in [1.82, 2.24) is 5.32 Å². The fraction of sp³-hybridized carbons (Fsp3) is 0.625. The molecular weight excluding hydrogens is 154 g/mol. The Morgan fingerprint density at radius 1 is 1.83 bits per heavy atom. The molecule has 0 aromatic carbocycles. The Hall–Kier alpha value is -1.21. The minimum absolute atomic E-state index is 0.192. The summed E-state index contributed by atoms with van der Waals surface area (Å²) in [6.45, 7) is 2.52. The summed E-state index contributed by atoms with van der Waals surface area (Å²) >= 11 is 0. The van der Waals surface area contributed by atoms with Crippen molar-refractivity contribution in [3.8, 4) is 12.3 Å². The van der Waals surface area contributed by atoms with Crippen molar-refractivity contribution in [2.75, 3.05) is 6.54 Å². The lowest BCUT2D eigenvalue weighted by Gasteiger charge is -2.13. The van der Waals surface area contributed by atoms with Crippen LogP contribution in [-0.4, -0.2) is 23.6 Å². The summed E-state index contributed by atoms with van der Waals surface area (Å²) in [5.74, 6) is 2.70. The lowest BCUT2D eigenvalue weighted by molar-refractivity contribution is 0.315. The van der Waals surface area contributed by atoms with Crippen molar-refractivity contribution in [1.29, 1.82) is 0 Å². The average Bonchev–Trinajstić information content (AvgIpc) is 2.11. The van der Waals surface area contributed by atoms with E-state index in [1.165, 1.54) is 0 Å². The second-order valence-corrected chi connectivity index (χ2v) is 2.49. The number of nitrogens with zero attached hydrogens (tertiary/aromatic N) is 1. The van der Waals surface area contributed by atoms with Crippen LogP contribution in [0.3, 0.4) is 0 Å². The average molecular weight is 169 g/mol. The fourth-order valence-corrected chi connectivity index (χ4v) is 0.857. The summed E-state index contributed by atoms with van der Waals surface area (Å²) < 4.78 is 0. The number of oxime groups is 1. The van der Waals surface area contributed by atoms with Gasteiger partial charge in [-0.3, -0.25) is 0 Å². The highest BCUT2D eigenvalue weighted by Crippen LogP contribution is 1.96. The zero-order valence-corrected chi connectivity index (χ0v) is 7.25. The van der Waals surface area contributed by atoms with Gasteiger partial charge in [0.2, 0.25) is 0 Å². The second kappa shape index (κ2) is 6.50. The van der Waals surface area contributed by atoms with Crippen LogP contribution < -0.4 is 11.1 Å². The van der Waals surface area contributed by atoms with Gasteiger partial charge in [-0.05, 0) is 6.42 Å². The summed E-state index contributed by atoms with van der Waals surface area (Å²) in [6, 6.07) is 0.192. The highest BCUT2D eigenvalue weighted by molar-refractivity contribution is 5.80. The van der Waals surface area contributed by atoms with Crippen molar-refractivity contribution in [3.63, 3.8) is 0 Å². The summed E-state index contributed by atoms with van der Waals surface area (Å²) in [5, 5.41) is 14.3. The summed E-state index contributed by atoms with van der Waals surface area (Å²) in [6.07, 6.45) is 6.49. The van der Waals surface area contributed by atoms with Gasteiger partial charge in [0.25, 0.3) is 0 Å². The Labute approximate surface area is 72.8 Å². The molecule has 0 saturated carbocycles. The third-order valence-electron chi connectivity index (χ3n) is 1.57. The van der Waals surface area contributed by atoms with Crippen LogP contribution in [0.4, 0.5) is 0 Å². The van der Waals surface area contributed by atoms with Gasteiger partial charge >= 0.3 is 0 Å². The van der Waals surface area contributed by atoms with Gasteiger partial charge in [-0.2, -0.15) is 0 Å². The monoisotopic (exact) mass is 169 g/mol. The van der Waals surface area contributed by atoms with Crippen molar-refractivity contribution < 1.29 is 5.21 Å². The molecule has 4 heteroatoms. The molecule has 0 aliphatic heterocycles. The van der Waals surface area contributed by atoms with Crippen LogP contribution in [0.2, 0.25) is 0 Å². The molecule has 0 aliphatic rings. The van der Waals surface area contributed by atoms with Crippen molar-refractivity contribution in [2.24, 2.45) is 10.9 Å². The highest BCUT2D eigenvalue weighted by atomic mass is 16.4. The molecule has 0 fully saturated rings. The van der Waals surface area contributed by atoms with Crippen molar-refractivity contribution in [2.45, 2.75) is 25.8 Å². The normalized spacial score (nSPS) is 13.8. The van der Waals surface area contributed by atoms with Gasteiger partial charge in [0.15, 0.2) is 0 Å². The van der Waals surface area contributed by atoms with Crippen LogP contribution in [-0.2, 0) is 0 Å². The van der Waals surface area contributed by atoms with Crippen LogP contribution in [0.5, 0.6) is 0 Å². The minimum Gasteiger partial charge on any atom is -0.409 e. The highest BCUT2D eigenvalue weighted by Gasteiger charge is 2.06. The molecule has 68 valence electrons. The number of amidine groups is 1. The third-order valence-corrected chi connectivity index (χ3v) is 1.57. The third kappa shape index (κ3) is 4.58. The number of terminal acetylenes is 1. The van der Waals surface area contributed by atoms with Gasteiger partial charge in [0.1, 0.15) is 5.84 Å². The Bertz CT molecular complexity index is 183. The smallest absolute Gasteiger partial charge is 0.140 e. The van der Waals surface area contributed by atoms with E-state index < -0.39 is 0 Å². The quantitative estimate of drug-likeness (QED) is 0.180. The van der Waals surface area contributed by atoms with Crippen LogP contribution in [0.1, 0.15) is 19.8 Å². The van der Waals surface area contributed by atoms with Gasteiger partial charge in [-0.15, -0.1) is 6.42 Å². The predicted molar refractivity (Wildman–Crippen MR) is 48.9 cm³/mol.